The number of amides is 1. The molecule has 1 atom stereocenters. The van der Waals surface area contributed by atoms with Crippen LogP contribution in [0.3, 0.4) is 0 Å². The Hall–Kier alpha value is -1.93. The summed E-state index contributed by atoms with van der Waals surface area (Å²) in [7, 11) is 0. The highest BCUT2D eigenvalue weighted by atomic mass is 32.2. The molecule has 0 unspecified atom stereocenters. The molecule has 0 spiro atoms. The second kappa shape index (κ2) is 7.31. The molecule has 6 nitrogen and oxygen atoms in total. The van der Waals surface area contributed by atoms with Gasteiger partial charge in [0, 0.05) is 22.5 Å². The van der Waals surface area contributed by atoms with Gasteiger partial charge in [0.1, 0.15) is 9.96 Å². The fourth-order valence-corrected chi connectivity index (χ4v) is 4.25. The maximum Gasteiger partial charge on any atom is 0.375 e. The zero-order chi connectivity index (χ0) is 17.1. The van der Waals surface area contributed by atoms with Crippen LogP contribution in [0, 0.1) is 0 Å². The molecule has 1 aromatic heterocycles. The van der Waals surface area contributed by atoms with Gasteiger partial charge in [0.15, 0.2) is 6.10 Å². The number of hydrogen-bond acceptors (Lipinski definition) is 7. The normalized spacial score (nSPS) is 15.3. The molecule has 1 aromatic carbocycles. The third-order valence-electron chi connectivity index (χ3n) is 3.47. The first kappa shape index (κ1) is 16.9. The predicted octanol–water partition coefficient (Wildman–Crippen LogP) is 2.80. The highest BCUT2D eigenvalue weighted by Gasteiger charge is 2.25. The molecule has 1 amide bonds. The summed E-state index contributed by atoms with van der Waals surface area (Å²) in [5.74, 6) is 0.249. The highest BCUT2D eigenvalue weighted by Crippen LogP contribution is 2.33. The molecule has 2 heterocycles. The van der Waals surface area contributed by atoms with Crippen molar-refractivity contribution in [3.63, 3.8) is 0 Å². The molecule has 8 heteroatoms. The van der Waals surface area contributed by atoms with Gasteiger partial charge in [-0.3, -0.25) is 9.79 Å². The van der Waals surface area contributed by atoms with Crippen LogP contribution in [0.2, 0.25) is 0 Å². The largest absolute Gasteiger partial charge is 0.449 e. The van der Waals surface area contributed by atoms with Crippen LogP contribution in [-0.2, 0) is 15.3 Å². The van der Waals surface area contributed by atoms with Crippen molar-refractivity contribution in [2.45, 2.75) is 18.8 Å². The van der Waals surface area contributed by atoms with Crippen molar-refractivity contribution < 1.29 is 18.7 Å². The number of furan rings is 1. The number of nitrogens with zero attached hydrogens (tertiary/aromatic N) is 1. The molecule has 1 aliphatic heterocycles. The number of fused-ring (bicyclic) bond motifs is 1. The van der Waals surface area contributed by atoms with E-state index in [0.717, 1.165) is 27.6 Å². The van der Waals surface area contributed by atoms with Gasteiger partial charge in [-0.25, -0.2) is 4.79 Å². The number of carbonyl (C=O) groups is 2. The van der Waals surface area contributed by atoms with Crippen LogP contribution in [0.4, 0.5) is 0 Å². The van der Waals surface area contributed by atoms with E-state index in [2.05, 4.69) is 4.99 Å². The highest BCUT2D eigenvalue weighted by molar-refractivity contribution is 8.38. The fourth-order valence-electron chi connectivity index (χ4n) is 2.22. The third-order valence-corrected chi connectivity index (χ3v) is 5.74. The molecule has 0 radical (unpaired) electrons. The van der Waals surface area contributed by atoms with Crippen molar-refractivity contribution in [2.75, 3.05) is 12.3 Å². The van der Waals surface area contributed by atoms with E-state index in [9.17, 15) is 9.59 Å². The third kappa shape index (κ3) is 3.59. The van der Waals surface area contributed by atoms with Crippen LogP contribution in [0.1, 0.15) is 23.0 Å². The van der Waals surface area contributed by atoms with E-state index in [1.165, 1.54) is 6.92 Å². The lowest BCUT2D eigenvalue weighted by molar-refractivity contribution is -0.125. The summed E-state index contributed by atoms with van der Waals surface area (Å²) in [6, 6.07) is 7.40. The summed E-state index contributed by atoms with van der Waals surface area (Å²) < 4.78 is 11.8. The van der Waals surface area contributed by atoms with E-state index < -0.39 is 18.0 Å². The predicted molar refractivity (Wildman–Crippen MR) is 96.3 cm³/mol. The topological polar surface area (TPSA) is 94.9 Å². The number of para-hydroxylation sites is 1. The van der Waals surface area contributed by atoms with Crippen molar-refractivity contribution in [1.82, 2.24) is 0 Å². The molecule has 0 aliphatic carbocycles. The molecular weight excluding hydrogens is 348 g/mol. The molecule has 0 fully saturated rings. The quantitative estimate of drug-likeness (QED) is 0.820. The van der Waals surface area contributed by atoms with Gasteiger partial charge < -0.3 is 14.9 Å². The number of nitrogens with two attached hydrogens (primary N) is 1. The Kier molecular flexibility index (Phi) is 5.15. The van der Waals surface area contributed by atoms with E-state index >= 15 is 0 Å². The fraction of sp³-hybridized carbons (Fsp3) is 0.312. The number of primary amides is 1. The van der Waals surface area contributed by atoms with Crippen LogP contribution in [-0.4, -0.2) is 34.7 Å². The monoisotopic (exact) mass is 364 g/mol. The Morgan fingerprint density at radius 1 is 1.46 bits per heavy atom. The molecule has 3 rings (SSSR count). The first-order valence-electron chi connectivity index (χ1n) is 7.37. The van der Waals surface area contributed by atoms with Gasteiger partial charge in [-0.15, -0.1) is 0 Å². The van der Waals surface area contributed by atoms with Gasteiger partial charge in [-0.2, -0.15) is 0 Å². The van der Waals surface area contributed by atoms with E-state index in [1.807, 2.05) is 18.2 Å². The zero-order valence-electron chi connectivity index (χ0n) is 13.0. The lowest BCUT2D eigenvalue weighted by atomic mass is 10.1. The van der Waals surface area contributed by atoms with Gasteiger partial charge in [0.05, 0.1) is 6.54 Å². The van der Waals surface area contributed by atoms with Gasteiger partial charge in [-0.05, 0) is 13.0 Å². The minimum absolute atomic E-state index is 0.111. The summed E-state index contributed by atoms with van der Waals surface area (Å²) in [5, 5.41) is 0.854. The lowest BCUT2D eigenvalue weighted by Gasteiger charge is -2.09. The van der Waals surface area contributed by atoms with Crippen LogP contribution in [0.15, 0.2) is 33.7 Å². The minimum atomic E-state index is -1.01. The second-order valence-electron chi connectivity index (χ2n) is 5.14. The molecule has 2 N–H and O–H groups in total. The van der Waals surface area contributed by atoms with Gasteiger partial charge in [0.2, 0.25) is 5.76 Å². The van der Waals surface area contributed by atoms with E-state index in [1.54, 1.807) is 29.6 Å². The molecule has 0 bridgehead atoms. The van der Waals surface area contributed by atoms with E-state index in [0.29, 0.717) is 11.3 Å². The molecule has 24 heavy (non-hydrogen) atoms. The molecular formula is C16H16N2O4S2. The SMILES string of the molecule is C[C@H](OC(=O)c1oc2ccccc2c1CSC1=NCCS1)C(N)=O. The molecule has 2 aromatic rings. The smallest absolute Gasteiger partial charge is 0.375 e. The number of thioether (sulfide) groups is 2. The number of aliphatic imine (C=N–C) groups is 1. The van der Waals surface area contributed by atoms with Crippen molar-refractivity contribution in [3.05, 3.63) is 35.6 Å². The summed E-state index contributed by atoms with van der Waals surface area (Å²) in [6.45, 7) is 2.26. The Morgan fingerprint density at radius 3 is 2.96 bits per heavy atom. The first-order valence-corrected chi connectivity index (χ1v) is 9.34. The Labute approximate surface area is 147 Å². The Balaban J connectivity index is 1.89. The van der Waals surface area contributed by atoms with E-state index in [-0.39, 0.29) is 5.76 Å². The summed E-state index contributed by atoms with van der Waals surface area (Å²) in [4.78, 5) is 27.9. The van der Waals surface area contributed by atoms with Crippen LogP contribution in [0.25, 0.3) is 11.0 Å². The molecule has 126 valence electrons. The van der Waals surface area contributed by atoms with Gasteiger partial charge >= 0.3 is 5.97 Å². The number of esters is 1. The maximum absolute atomic E-state index is 12.4. The van der Waals surface area contributed by atoms with E-state index in [4.69, 9.17) is 14.9 Å². The first-order chi connectivity index (χ1) is 11.6. The summed E-state index contributed by atoms with van der Waals surface area (Å²) in [5.41, 5.74) is 6.49. The van der Waals surface area contributed by atoms with Crippen molar-refractivity contribution in [1.29, 1.82) is 0 Å². The molecule has 1 aliphatic rings. The lowest BCUT2D eigenvalue weighted by Crippen LogP contribution is -2.30. The summed E-state index contributed by atoms with van der Waals surface area (Å²) in [6.07, 6.45) is -1.01. The van der Waals surface area contributed by atoms with Gasteiger partial charge in [0.25, 0.3) is 5.91 Å². The average Bonchev–Trinajstić information content (AvgIpc) is 3.20. The van der Waals surface area contributed by atoms with Crippen LogP contribution >= 0.6 is 23.5 Å². The van der Waals surface area contributed by atoms with Crippen molar-refractivity contribution in [3.8, 4) is 0 Å². The zero-order valence-corrected chi connectivity index (χ0v) is 14.6. The average molecular weight is 364 g/mol. The Bertz CT molecular complexity index is 816. The number of hydrogen-bond donors (Lipinski definition) is 1. The minimum Gasteiger partial charge on any atom is -0.449 e. The van der Waals surface area contributed by atoms with Crippen LogP contribution in [0.5, 0.6) is 0 Å². The van der Waals surface area contributed by atoms with Crippen molar-refractivity contribution >= 4 is 50.7 Å². The number of rotatable bonds is 5. The number of carbonyl (C=O) groups excluding carboxylic acids is 2. The van der Waals surface area contributed by atoms with Gasteiger partial charge in [-0.1, -0.05) is 41.7 Å². The number of benzene rings is 1. The molecule has 0 saturated heterocycles. The second-order valence-corrected chi connectivity index (χ2v) is 7.45. The standard InChI is InChI=1S/C16H16N2O4S2/c1-9(14(17)19)21-15(20)13-11(8-24-16-18-6-7-23-16)10-4-2-3-5-12(10)22-13/h2-5,9H,6-8H2,1H3,(H2,17,19)/t9-/m0/s1. The number of ether oxygens (including phenoxy) is 1. The Morgan fingerprint density at radius 2 is 2.25 bits per heavy atom. The van der Waals surface area contributed by atoms with Crippen LogP contribution < -0.4 is 5.73 Å². The maximum atomic E-state index is 12.4. The summed E-state index contributed by atoms with van der Waals surface area (Å²) >= 11 is 3.27. The molecule has 0 saturated carbocycles. The van der Waals surface area contributed by atoms with Crippen molar-refractivity contribution in [2.24, 2.45) is 10.7 Å².